The molecule has 0 radical (unpaired) electrons. The summed E-state index contributed by atoms with van der Waals surface area (Å²) in [6.45, 7) is -0.436. The molecule has 0 aliphatic heterocycles. The minimum absolute atomic E-state index is 0.167. The molecule has 1 saturated carbocycles. The molecule has 138 valence electrons. The second-order valence-corrected chi connectivity index (χ2v) is 7.35. The van der Waals surface area contributed by atoms with Gasteiger partial charge in [0.15, 0.2) is 6.61 Å². The number of fused-ring (bicyclic) bond motifs is 1. The molecule has 26 heavy (non-hydrogen) atoms. The number of urea groups is 1. The molecule has 8 heteroatoms. The van der Waals surface area contributed by atoms with E-state index in [2.05, 4.69) is 15.6 Å². The number of aryl methyl sites for hydroxylation is 1. The van der Waals surface area contributed by atoms with Gasteiger partial charge in [-0.1, -0.05) is 12.1 Å². The smallest absolute Gasteiger partial charge is 0.321 e. The number of carbonyl (C=O) groups is 3. The van der Waals surface area contributed by atoms with Crippen LogP contribution in [0.15, 0.2) is 24.3 Å². The number of ether oxygens (including phenoxy) is 1. The number of hydrogen-bond acceptors (Lipinski definition) is 6. The number of carbonyl (C=O) groups excluding carboxylic acids is 3. The molecule has 7 nitrogen and oxygen atoms in total. The van der Waals surface area contributed by atoms with Crippen LogP contribution in [-0.4, -0.2) is 35.5 Å². The Bertz CT molecular complexity index is 768. The number of unbranched alkanes of at least 4 members (excludes halogenated alkanes) is 1. The standard InChI is InChI=1S/C18H21N3O4S/c22-15(21-18(24)19-12-9-10-12)11-25-17(23)8-4-3-7-16-20-13-5-1-2-6-14(13)26-16/h1-2,5-6,12H,3-4,7-11H2,(H2,19,21,22,24). The number of imide groups is 1. The van der Waals surface area contributed by atoms with Gasteiger partial charge in [0.1, 0.15) is 0 Å². The number of benzene rings is 1. The van der Waals surface area contributed by atoms with E-state index in [1.165, 1.54) is 4.70 Å². The van der Waals surface area contributed by atoms with Crippen molar-refractivity contribution in [2.45, 2.75) is 44.6 Å². The van der Waals surface area contributed by atoms with E-state index in [0.717, 1.165) is 36.2 Å². The summed E-state index contributed by atoms with van der Waals surface area (Å²) in [5, 5.41) is 5.81. The van der Waals surface area contributed by atoms with Crippen molar-refractivity contribution in [3.8, 4) is 0 Å². The van der Waals surface area contributed by atoms with Gasteiger partial charge in [-0.25, -0.2) is 9.78 Å². The van der Waals surface area contributed by atoms with Crippen molar-refractivity contribution in [3.05, 3.63) is 29.3 Å². The van der Waals surface area contributed by atoms with Gasteiger partial charge < -0.3 is 10.1 Å². The molecule has 1 aliphatic carbocycles. The highest BCUT2D eigenvalue weighted by Gasteiger charge is 2.24. The Morgan fingerprint density at radius 1 is 1.19 bits per heavy atom. The molecule has 2 aromatic rings. The van der Waals surface area contributed by atoms with Gasteiger partial charge in [0, 0.05) is 12.5 Å². The molecule has 1 aromatic heterocycles. The predicted octanol–water partition coefficient (Wildman–Crippen LogP) is 2.54. The Morgan fingerprint density at radius 3 is 2.77 bits per heavy atom. The van der Waals surface area contributed by atoms with E-state index < -0.39 is 24.5 Å². The number of nitrogens with one attached hydrogen (secondary N) is 2. The Balaban J connectivity index is 1.27. The van der Waals surface area contributed by atoms with Crippen molar-refractivity contribution in [3.63, 3.8) is 0 Å². The van der Waals surface area contributed by atoms with Crippen molar-refractivity contribution in [1.29, 1.82) is 0 Å². The highest BCUT2D eigenvalue weighted by atomic mass is 32.1. The van der Waals surface area contributed by atoms with Crippen LogP contribution in [0, 0.1) is 0 Å². The number of rotatable bonds is 8. The molecule has 0 atom stereocenters. The number of hydrogen-bond donors (Lipinski definition) is 2. The number of nitrogens with zero attached hydrogens (tertiary/aromatic N) is 1. The molecule has 0 unspecified atom stereocenters. The average Bonchev–Trinajstić information content (AvgIpc) is 3.32. The lowest BCUT2D eigenvalue weighted by atomic mass is 10.2. The van der Waals surface area contributed by atoms with Crippen molar-refractivity contribution in [2.24, 2.45) is 0 Å². The van der Waals surface area contributed by atoms with Crippen molar-refractivity contribution >= 4 is 39.5 Å². The van der Waals surface area contributed by atoms with Crippen LogP contribution in [-0.2, 0) is 20.7 Å². The Labute approximate surface area is 155 Å². The minimum Gasteiger partial charge on any atom is -0.456 e. The lowest BCUT2D eigenvalue weighted by Gasteiger charge is -2.06. The van der Waals surface area contributed by atoms with E-state index in [-0.39, 0.29) is 12.5 Å². The van der Waals surface area contributed by atoms with E-state index in [0.29, 0.717) is 6.42 Å². The number of thiazole rings is 1. The first-order valence-corrected chi connectivity index (χ1v) is 9.52. The van der Waals surface area contributed by atoms with Crippen molar-refractivity contribution < 1.29 is 19.1 Å². The van der Waals surface area contributed by atoms with Crippen LogP contribution in [0.25, 0.3) is 10.2 Å². The van der Waals surface area contributed by atoms with Crippen LogP contribution in [0.3, 0.4) is 0 Å². The van der Waals surface area contributed by atoms with Crippen molar-refractivity contribution in [1.82, 2.24) is 15.6 Å². The average molecular weight is 375 g/mol. The number of amides is 3. The maximum atomic E-state index is 11.7. The molecule has 3 amide bonds. The Morgan fingerprint density at radius 2 is 2.00 bits per heavy atom. The zero-order valence-corrected chi connectivity index (χ0v) is 15.1. The van der Waals surface area contributed by atoms with Gasteiger partial charge in [-0.05, 0) is 44.2 Å². The van der Waals surface area contributed by atoms with Gasteiger partial charge in [-0.2, -0.15) is 0 Å². The fraction of sp³-hybridized carbons (Fsp3) is 0.444. The number of para-hydroxylation sites is 1. The molecule has 1 aromatic carbocycles. The second-order valence-electron chi connectivity index (χ2n) is 6.24. The van der Waals surface area contributed by atoms with E-state index in [4.69, 9.17) is 4.74 Å². The van der Waals surface area contributed by atoms with Crippen molar-refractivity contribution in [2.75, 3.05) is 6.61 Å². The summed E-state index contributed by atoms with van der Waals surface area (Å²) in [4.78, 5) is 39.1. The largest absolute Gasteiger partial charge is 0.456 e. The zero-order valence-electron chi connectivity index (χ0n) is 14.3. The Hall–Kier alpha value is -2.48. The first-order valence-electron chi connectivity index (χ1n) is 8.70. The van der Waals surface area contributed by atoms with Gasteiger partial charge in [0.05, 0.1) is 15.2 Å². The van der Waals surface area contributed by atoms with Gasteiger partial charge in [0.25, 0.3) is 5.91 Å². The van der Waals surface area contributed by atoms with Gasteiger partial charge in [0.2, 0.25) is 0 Å². The van der Waals surface area contributed by atoms with E-state index in [1.807, 2.05) is 24.3 Å². The lowest BCUT2D eigenvalue weighted by molar-refractivity contribution is -0.148. The maximum absolute atomic E-state index is 11.7. The fourth-order valence-corrected chi connectivity index (χ4v) is 3.41. The first kappa shape index (κ1) is 18.3. The molecular formula is C18H21N3O4S. The first-order chi connectivity index (χ1) is 12.6. The molecule has 1 fully saturated rings. The lowest BCUT2D eigenvalue weighted by Crippen LogP contribution is -2.42. The fourth-order valence-electron chi connectivity index (χ4n) is 2.40. The second kappa shape index (κ2) is 8.75. The number of esters is 1. The highest BCUT2D eigenvalue weighted by molar-refractivity contribution is 7.18. The van der Waals surface area contributed by atoms with E-state index in [9.17, 15) is 14.4 Å². The summed E-state index contributed by atoms with van der Waals surface area (Å²) in [5.74, 6) is -1.06. The SMILES string of the molecule is O=C(COC(=O)CCCCc1nc2ccccc2s1)NC(=O)NC1CC1. The normalized spacial score (nSPS) is 13.4. The topological polar surface area (TPSA) is 97.4 Å². The molecule has 0 saturated heterocycles. The molecule has 1 heterocycles. The molecule has 2 N–H and O–H groups in total. The van der Waals surface area contributed by atoms with Crippen LogP contribution in [0.4, 0.5) is 4.79 Å². The Kier molecular flexibility index (Phi) is 6.17. The van der Waals surface area contributed by atoms with Gasteiger partial charge in [-0.15, -0.1) is 11.3 Å². The maximum Gasteiger partial charge on any atom is 0.321 e. The third kappa shape index (κ3) is 5.80. The summed E-state index contributed by atoms with van der Waals surface area (Å²) in [6.07, 6.45) is 4.42. The third-order valence-electron chi connectivity index (χ3n) is 3.89. The summed E-state index contributed by atoms with van der Waals surface area (Å²) in [5.41, 5.74) is 1.00. The van der Waals surface area contributed by atoms with E-state index >= 15 is 0 Å². The van der Waals surface area contributed by atoms with Crippen LogP contribution in [0.1, 0.15) is 37.1 Å². The summed E-state index contributed by atoms with van der Waals surface area (Å²) >= 11 is 1.67. The molecular weight excluding hydrogens is 354 g/mol. The zero-order chi connectivity index (χ0) is 18.4. The predicted molar refractivity (Wildman–Crippen MR) is 97.8 cm³/mol. The minimum atomic E-state index is -0.619. The third-order valence-corrected chi connectivity index (χ3v) is 4.99. The van der Waals surface area contributed by atoms with Gasteiger partial charge in [-0.3, -0.25) is 14.9 Å². The summed E-state index contributed by atoms with van der Waals surface area (Å²) in [6, 6.07) is 7.62. The van der Waals surface area contributed by atoms with Crippen LogP contribution < -0.4 is 10.6 Å². The van der Waals surface area contributed by atoms with E-state index in [1.54, 1.807) is 11.3 Å². The monoisotopic (exact) mass is 375 g/mol. The van der Waals surface area contributed by atoms with Crippen LogP contribution in [0.2, 0.25) is 0 Å². The summed E-state index contributed by atoms with van der Waals surface area (Å²) < 4.78 is 6.05. The molecule has 1 aliphatic rings. The quantitative estimate of drug-likeness (QED) is 0.546. The summed E-state index contributed by atoms with van der Waals surface area (Å²) in [7, 11) is 0. The molecule has 3 rings (SSSR count). The number of aromatic nitrogens is 1. The molecule has 0 bridgehead atoms. The van der Waals surface area contributed by atoms with Crippen LogP contribution in [0.5, 0.6) is 0 Å². The van der Waals surface area contributed by atoms with Gasteiger partial charge >= 0.3 is 12.0 Å². The highest BCUT2D eigenvalue weighted by Crippen LogP contribution is 2.22. The van der Waals surface area contributed by atoms with Crippen LogP contribution >= 0.6 is 11.3 Å². The molecule has 0 spiro atoms.